The fraction of sp³-hybridized carbons (Fsp3) is 0.450. The Morgan fingerprint density at radius 1 is 1.32 bits per heavy atom. The van der Waals surface area contributed by atoms with Crippen LogP contribution < -0.4 is 5.73 Å². The number of nitrogens with zero attached hydrogens (tertiary/aromatic N) is 1. The van der Waals surface area contributed by atoms with E-state index in [4.69, 9.17) is 5.73 Å². The molecule has 1 aromatic carbocycles. The van der Waals surface area contributed by atoms with Gasteiger partial charge in [-0.1, -0.05) is 43.3 Å². The zero-order valence-corrected chi connectivity index (χ0v) is 15.4. The largest absolute Gasteiger partial charge is 0.387 e. The molecular weight excluding hydrogens is 332 g/mol. The van der Waals surface area contributed by atoms with Crippen molar-refractivity contribution in [2.75, 3.05) is 6.54 Å². The van der Waals surface area contributed by atoms with Crippen molar-refractivity contribution in [1.29, 1.82) is 0 Å². The highest BCUT2D eigenvalue weighted by Gasteiger charge is 2.35. The lowest BCUT2D eigenvalue weighted by atomic mass is 9.93. The molecule has 3 rings (SSSR count). The number of nitrogens with two attached hydrogens (primary N) is 1. The molecule has 2 heterocycles. The van der Waals surface area contributed by atoms with E-state index in [-0.39, 0.29) is 23.9 Å². The van der Waals surface area contributed by atoms with Crippen LogP contribution in [0.2, 0.25) is 0 Å². The third-order valence-electron chi connectivity index (χ3n) is 5.14. The van der Waals surface area contributed by atoms with Crippen molar-refractivity contribution in [1.82, 2.24) is 4.90 Å². The first-order chi connectivity index (χ1) is 12.1. The SMILES string of the molecule is CC(C(=O)N1CCCC1CC(O)c1cccs1)C(N)c1ccccc1. The molecule has 1 fully saturated rings. The molecule has 25 heavy (non-hydrogen) atoms. The van der Waals surface area contributed by atoms with Crippen LogP contribution in [0.5, 0.6) is 0 Å². The lowest BCUT2D eigenvalue weighted by Gasteiger charge is -2.31. The molecule has 0 aliphatic carbocycles. The van der Waals surface area contributed by atoms with Crippen LogP contribution in [0, 0.1) is 5.92 Å². The highest BCUT2D eigenvalue weighted by molar-refractivity contribution is 7.10. The van der Waals surface area contributed by atoms with Crippen molar-refractivity contribution < 1.29 is 9.90 Å². The predicted molar refractivity (Wildman–Crippen MR) is 101 cm³/mol. The second-order valence-corrected chi connectivity index (χ2v) is 7.80. The number of hydrogen-bond donors (Lipinski definition) is 2. The van der Waals surface area contributed by atoms with E-state index >= 15 is 0 Å². The number of likely N-dealkylation sites (tertiary alicyclic amines) is 1. The molecule has 4 unspecified atom stereocenters. The summed E-state index contributed by atoms with van der Waals surface area (Å²) in [6, 6.07) is 13.5. The molecule has 1 amide bonds. The molecule has 134 valence electrons. The van der Waals surface area contributed by atoms with E-state index in [1.54, 1.807) is 11.3 Å². The summed E-state index contributed by atoms with van der Waals surface area (Å²) in [5.74, 6) is -0.181. The zero-order chi connectivity index (χ0) is 17.8. The first-order valence-corrected chi connectivity index (χ1v) is 9.78. The van der Waals surface area contributed by atoms with Gasteiger partial charge in [0, 0.05) is 23.5 Å². The summed E-state index contributed by atoms with van der Waals surface area (Å²) in [7, 11) is 0. The Balaban J connectivity index is 1.65. The number of carbonyl (C=O) groups is 1. The monoisotopic (exact) mass is 358 g/mol. The number of aliphatic hydroxyl groups is 1. The minimum absolute atomic E-state index is 0.0926. The quantitative estimate of drug-likeness (QED) is 0.830. The van der Waals surface area contributed by atoms with Crippen LogP contribution in [-0.2, 0) is 4.79 Å². The van der Waals surface area contributed by atoms with Crippen LogP contribution in [0.15, 0.2) is 47.8 Å². The number of rotatable bonds is 6. The van der Waals surface area contributed by atoms with E-state index in [1.165, 1.54) is 0 Å². The number of thiophene rings is 1. The second kappa shape index (κ2) is 8.13. The summed E-state index contributed by atoms with van der Waals surface area (Å²) < 4.78 is 0. The summed E-state index contributed by atoms with van der Waals surface area (Å²) in [5, 5.41) is 12.4. The third-order valence-corrected chi connectivity index (χ3v) is 6.11. The minimum atomic E-state index is -0.503. The van der Waals surface area contributed by atoms with Crippen molar-refractivity contribution >= 4 is 17.2 Å². The van der Waals surface area contributed by atoms with Crippen LogP contribution in [0.1, 0.15) is 48.8 Å². The summed E-state index contributed by atoms with van der Waals surface area (Å²) in [6.07, 6.45) is 2.03. The molecule has 1 aliphatic heterocycles. The van der Waals surface area contributed by atoms with Gasteiger partial charge in [0.2, 0.25) is 5.91 Å². The Hall–Kier alpha value is -1.69. The molecule has 0 bridgehead atoms. The molecule has 1 saturated heterocycles. The number of hydrogen-bond acceptors (Lipinski definition) is 4. The van der Waals surface area contributed by atoms with Gasteiger partial charge in [-0.25, -0.2) is 0 Å². The van der Waals surface area contributed by atoms with E-state index in [1.807, 2.05) is 59.7 Å². The summed E-state index contributed by atoms with van der Waals surface area (Å²) in [4.78, 5) is 15.9. The molecule has 0 saturated carbocycles. The maximum Gasteiger partial charge on any atom is 0.227 e. The molecule has 5 heteroatoms. The van der Waals surface area contributed by atoms with Gasteiger partial charge in [-0.2, -0.15) is 0 Å². The van der Waals surface area contributed by atoms with Crippen LogP contribution in [-0.4, -0.2) is 28.5 Å². The lowest BCUT2D eigenvalue weighted by molar-refractivity contribution is -0.137. The fourth-order valence-corrected chi connectivity index (χ4v) is 4.33. The fourth-order valence-electron chi connectivity index (χ4n) is 3.60. The Labute approximate surface area is 153 Å². The molecular formula is C20H26N2O2S. The molecule has 3 N–H and O–H groups in total. The number of carbonyl (C=O) groups excluding carboxylic acids is 1. The van der Waals surface area contributed by atoms with E-state index < -0.39 is 6.10 Å². The number of benzene rings is 1. The van der Waals surface area contributed by atoms with Crippen LogP contribution in [0.4, 0.5) is 0 Å². The Bertz CT molecular complexity index is 674. The molecule has 4 atom stereocenters. The first kappa shape index (κ1) is 18.1. The lowest BCUT2D eigenvalue weighted by Crippen LogP contribution is -2.42. The third kappa shape index (κ3) is 4.11. The summed E-state index contributed by atoms with van der Waals surface area (Å²) in [5.41, 5.74) is 7.32. The molecule has 2 aromatic rings. The topological polar surface area (TPSA) is 66.6 Å². The predicted octanol–water partition coefficient (Wildman–Crippen LogP) is 3.50. The smallest absolute Gasteiger partial charge is 0.227 e. The first-order valence-electron chi connectivity index (χ1n) is 8.90. The number of aliphatic hydroxyl groups excluding tert-OH is 1. The van der Waals surface area contributed by atoms with Crippen molar-refractivity contribution in [3.63, 3.8) is 0 Å². The molecule has 4 nitrogen and oxygen atoms in total. The van der Waals surface area contributed by atoms with Crippen molar-refractivity contribution in [3.05, 3.63) is 58.3 Å². The van der Waals surface area contributed by atoms with Gasteiger partial charge in [-0.15, -0.1) is 11.3 Å². The Kier molecular flexibility index (Phi) is 5.89. The van der Waals surface area contributed by atoms with Gasteiger partial charge >= 0.3 is 0 Å². The van der Waals surface area contributed by atoms with Crippen molar-refractivity contribution in [3.8, 4) is 0 Å². The van der Waals surface area contributed by atoms with Crippen LogP contribution in [0.25, 0.3) is 0 Å². The highest BCUT2D eigenvalue weighted by atomic mass is 32.1. The van der Waals surface area contributed by atoms with E-state index in [0.717, 1.165) is 29.8 Å². The van der Waals surface area contributed by atoms with E-state index in [2.05, 4.69) is 0 Å². The van der Waals surface area contributed by atoms with Crippen molar-refractivity contribution in [2.24, 2.45) is 11.7 Å². The summed E-state index contributed by atoms with van der Waals surface area (Å²) >= 11 is 1.56. The van der Waals surface area contributed by atoms with E-state index in [0.29, 0.717) is 6.42 Å². The molecule has 0 radical (unpaired) electrons. The van der Waals surface area contributed by atoms with Gasteiger partial charge in [0.15, 0.2) is 0 Å². The molecule has 1 aromatic heterocycles. The Morgan fingerprint density at radius 2 is 2.08 bits per heavy atom. The maximum absolute atomic E-state index is 13.0. The normalized spacial score (nSPS) is 21.1. The average Bonchev–Trinajstić information content (AvgIpc) is 3.32. The maximum atomic E-state index is 13.0. The second-order valence-electron chi connectivity index (χ2n) is 6.82. The van der Waals surface area contributed by atoms with Gasteiger partial charge in [0.1, 0.15) is 0 Å². The highest BCUT2D eigenvalue weighted by Crippen LogP contribution is 2.31. The van der Waals surface area contributed by atoms with Gasteiger partial charge in [-0.05, 0) is 36.3 Å². The average molecular weight is 359 g/mol. The van der Waals surface area contributed by atoms with Gasteiger partial charge < -0.3 is 15.7 Å². The zero-order valence-electron chi connectivity index (χ0n) is 14.5. The molecule has 0 spiro atoms. The van der Waals surface area contributed by atoms with Crippen LogP contribution >= 0.6 is 11.3 Å². The van der Waals surface area contributed by atoms with Gasteiger partial charge in [0.25, 0.3) is 0 Å². The minimum Gasteiger partial charge on any atom is -0.387 e. The molecule has 1 aliphatic rings. The number of amides is 1. The van der Waals surface area contributed by atoms with Crippen molar-refractivity contribution in [2.45, 2.75) is 44.4 Å². The van der Waals surface area contributed by atoms with Gasteiger partial charge in [0.05, 0.1) is 12.0 Å². The van der Waals surface area contributed by atoms with Crippen LogP contribution in [0.3, 0.4) is 0 Å². The Morgan fingerprint density at radius 3 is 2.76 bits per heavy atom. The summed E-state index contributed by atoms with van der Waals surface area (Å²) in [6.45, 7) is 2.66. The standard InChI is InChI=1S/C20H26N2O2S/c1-14(19(21)15-7-3-2-4-8-15)20(24)22-11-5-9-16(22)13-17(23)18-10-6-12-25-18/h2-4,6-8,10,12,14,16-17,19,23H,5,9,11,13,21H2,1H3. The van der Waals surface area contributed by atoms with E-state index in [9.17, 15) is 9.90 Å². The van der Waals surface area contributed by atoms with Gasteiger partial charge in [-0.3, -0.25) is 4.79 Å².